The summed E-state index contributed by atoms with van der Waals surface area (Å²) in [5.74, 6) is 1.39. The minimum Gasteiger partial charge on any atom is -0.497 e. The smallest absolute Gasteiger partial charge is 0.134 e. The van der Waals surface area contributed by atoms with E-state index in [1.54, 1.807) is 20.3 Å². The molecule has 0 unspecified atom stereocenters. The van der Waals surface area contributed by atoms with Crippen molar-refractivity contribution in [1.82, 2.24) is 0 Å². The topological polar surface area (TPSA) is 30.8 Å². The molecule has 1 rings (SSSR count). The van der Waals surface area contributed by atoms with Crippen molar-refractivity contribution in [1.29, 1.82) is 0 Å². The summed E-state index contributed by atoms with van der Waals surface area (Å²) < 4.78 is 10.4. The molecule has 0 saturated heterocycles. The normalized spacial score (nSPS) is 11.8. The molecule has 0 bridgehead atoms. The summed E-state index contributed by atoms with van der Waals surface area (Å²) >= 11 is 6.11. The van der Waals surface area contributed by atoms with Gasteiger partial charge in [-0.05, 0) is 26.0 Å². The van der Waals surface area contributed by atoms with Gasteiger partial charge in [-0.15, -0.1) is 0 Å². The van der Waals surface area contributed by atoms with E-state index in [1.807, 2.05) is 26.0 Å². The van der Waals surface area contributed by atoms with Crippen molar-refractivity contribution < 1.29 is 9.47 Å². The molecule has 3 nitrogen and oxygen atoms in total. The number of hydrogen-bond acceptors (Lipinski definition) is 3. The van der Waals surface area contributed by atoms with E-state index >= 15 is 0 Å². The second-order valence-corrected chi connectivity index (χ2v) is 3.94. The molecule has 4 heteroatoms. The number of ether oxygens (including phenoxy) is 2. The van der Waals surface area contributed by atoms with Crippen LogP contribution in [-0.4, -0.2) is 25.4 Å². The van der Waals surface area contributed by atoms with Gasteiger partial charge in [-0.3, -0.25) is 4.99 Å². The fourth-order valence-electron chi connectivity index (χ4n) is 1.27. The van der Waals surface area contributed by atoms with E-state index in [9.17, 15) is 0 Å². The Balaban J connectivity index is 3.13. The highest BCUT2D eigenvalue weighted by Gasteiger charge is 2.09. The van der Waals surface area contributed by atoms with Gasteiger partial charge in [0.25, 0.3) is 0 Å². The molecule has 0 N–H and O–H groups in total. The van der Waals surface area contributed by atoms with Crippen LogP contribution in [-0.2, 0) is 0 Å². The molecular weight excluding hydrogens is 226 g/mol. The second-order valence-electron chi connectivity index (χ2n) is 3.58. The van der Waals surface area contributed by atoms with E-state index in [0.29, 0.717) is 10.9 Å². The first-order valence-electron chi connectivity index (χ1n) is 5.04. The summed E-state index contributed by atoms with van der Waals surface area (Å²) in [6.45, 7) is 3.94. The Morgan fingerprint density at radius 2 is 1.94 bits per heavy atom. The molecule has 16 heavy (non-hydrogen) atoms. The maximum absolute atomic E-state index is 6.11. The van der Waals surface area contributed by atoms with Gasteiger partial charge in [0.2, 0.25) is 0 Å². The van der Waals surface area contributed by atoms with Crippen LogP contribution in [0.25, 0.3) is 0 Å². The molecule has 1 aromatic carbocycles. The van der Waals surface area contributed by atoms with Crippen molar-refractivity contribution in [2.45, 2.75) is 19.9 Å². The van der Waals surface area contributed by atoms with Crippen LogP contribution in [0.15, 0.2) is 23.2 Å². The minimum absolute atomic E-state index is 0.152. The number of methoxy groups -OCH3 is 2. The van der Waals surface area contributed by atoms with E-state index in [2.05, 4.69) is 4.99 Å². The molecule has 0 heterocycles. The molecule has 88 valence electrons. The quantitative estimate of drug-likeness (QED) is 0.759. The van der Waals surface area contributed by atoms with Crippen LogP contribution in [0.3, 0.4) is 0 Å². The maximum atomic E-state index is 6.11. The predicted molar refractivity (Wildman–Crippen MR) is 67.1 cm³/mol. The Labute approximate surface area is 101 Å². The standard InChI is InChI=1S/C12H16ClNO2/c1-8(2)14-12(13)10-6-5-9(15-3)7-11(10)16-4/h5-8H,1-4H3. The van der Waals surface area contributed by atoms with E-state index in [0.717, 1.165) is 11.3 Å². The van der Waals surface area contributed by atoms with Crippen molar-refractivity contribution in [3.8, 4) is 11.5 Å². The van der Waals surface area contributed by atoms with E-state index < -0.39 is 0 Å². The van der Waals surface area contributed by atoms with Crippen LogP contribution in [0.2, 0.25) is 0 Å². The van der Waals surface area contributed by atoms with Crippen molar-refractivity contribution in [3.05, 3.63) is 23.8 Å². The monoisotopic (exact) mass is 241 g/mol. The van der Waals surface area contributed by atoms with Crippen LogP contribution < -0.4 is 9.47 Å². The molecule has 0 aromatic heterocycles. The summed E-state index contributed by atoms with van der Waals surface area (Å²) in [7, 11) is 3.20. The summed E-state index contributed by atoms with van der Waals surface area (Å²) in [5.41, 5.74) is 0.777. The number of halogens is 1. The lowest BCUT2D eigenvalue weighted by Gasteiger charge is -2.09. The van der Waals surface area contributed by atoms with Gasteiger partial charge in [0.05, 0.1) is 19.8 Å². The van der Waals surface area contributed by atoms with Gasteiger partial charge in [-0.1, -0.05) is 11.6 Å². The summed E-state index contributed by atoms with van der Waals surface area (Å²) in [5, 5.41) is 0.453. The molecule has 0 aliphatic carbocycles. The Bertz CT molecular complexity index is 389. The first-order chi connectivity index (χ1) is 7.58. The lowest BCUT2D eigenvalue weighted by Crippen LogP contribution is -2.01. The molecule has 0 aliphatic heterocycles. The van der Waals surface area contributed by atoms with Gasteiger partial charge < -0.3 is 9.47 Å². The Morgan fingerprint density at radius 1 is 1.25 bits per heavy atom. The van der Waals surface area contributed by atoms with E-state index in [1.165, 1.54) is 0 Å². The fraction of sp³-hybridized carbons (Fsp3) is 0.417. The molecule has 0 saturated carbocycles. The Kier molecular flexibility index (Phi) is 4.62. The minimum atomic E-state index is 0.152. The lowest BCUT2D eigenvalue weighted by atomic mass is 10.2. The zero-order valence-electron chi connectivity index (χ0n) is 9.95. The van der Waals surface area contributed by atoms with Gasteiger partial charge in [-0.2, -0.15) is 0 Å². The SMILES string of the molecule is COc1ccc(C(Cl)=NC(C)C)c(OC)c1. The number of rotatable bonds is 4. The highest BCUT2D eigenvalue weighted by molar-refractivity contribution is 6.69. The third-order valence-corrected chi connectivity index (χ3v) is 2.30. The van der Waals surface area contributed by atoms with Crippen molar-refractivity contribution in [2.24, 2.45) is 4.99 Å². The molecule has 0 atom stereocenters. The molecule has 0 amide bonds. The molecule has 0 aliphatic rings. The summed E-state index contributed by atoms with van der Waals surface area (Å²) in [6.07, 6.45) is 0. The average molecular weight is 242 g/mol. The second kappa shape index (κ2) is 5.75. The van der Waals surface area contributed by atoms with Gasteiger partial charge in [0.1, 0.15) is 16.7 Å². The molecule has 1 aromatic rings. The largest absolute Gasteiger partial charge is 0.497 e. The zero-order valence-corrected chi connectivity index (χ0v) is 10.7. The first kappa shape index (κ1) is 12.8. The molecular formula is C12H16ClNO2. The first-order valence-corrected chi connectivity index (χ1v) is 5.42. The van der Waals surface area contributed by atoms with Crippen molar-refractivity contribution >= 4 is 16.8 Å². The van der Waals surface area contributed by atoms with Crippen LogP contribution in [0.1, 0.15) is 19.4 Å². The van der Waals surface area contributed by atoms with Crippen LogP contribution in [0.4, 0.5) is 0 Å². The third-order valence-electron chi connectivity index (χ3n) is 2.00. The van der Waals surface area contributed by atoms with Gasteiger partial charge in [0.15, 0.2) is 0 Å². The van der Waals surface area contributed by atoms with E-state index in [4.69, 9.17) is 21.1 Å². The Hall–Kier alpha value is -1.22. The Morgan fingerprint density at radius 3 is 2.44 bits per heavy atom. The number of nitrogens with zero attached hydrogens (tertiary/aromatic N) is 1. The van der Waals surface area contributed by atoms with Gasteiger partial charge in [0, 0.05) is 12.1 Å². The number of aliphatic imine (C=N–C) groups is 1. The van der Waals surface area contributed by atoms with Crippen LogP contribution in [0.5, 0.6) is 11.5 Å². The molecule has 0 fully saturated rings. The maximum Gasteiger partial charge on any atom is 0.134 e. The van der Waals surface area contributed by atoms with E-state index in [-0.39, 0.29) is 6.04 Å². The number of hydrogen-bond donors (Lipinski definition) is 0. The molecule has 0 radical (unpaired) electrons. The summed E-state index contributed by atoms with van der Waals surface area (Å²) in [4.78, 5) is 4.27. The summed E-state index contributed by atoms with van der Waals surface area (Å²) in [6, 6.07) is 5.61. The van der Waals surface area contributed by atoms with Crippen LogP contribution in [0, 0.1) is 0 Å². The zero-order chi connectivity index (χ0) is 12.1. The van der Waals surface area contributed by atoms with Crippen LogP contribution >= 0.6 is 11.6 Å². The van der Waals surface area contributed by atoms with Gasteiger partial charge >= 0.3 is 0 Å². The average Bonchev–Trinajstić information content (AvgIpc) is 2.27. The lowest BCUT2D eigenvalue weighted by molar-refractivity contribution is 0.394. The van der Waals surface area contributed by atoms with Gasteiger partial charge in [-0.25, -0.2) is 0 Å². The van der Waals surface area contributed by atoms with Crippen molar-refractivity contribution in [2.75, 3.05) is 14.2 Å². The highest BCUT2D eigenvalue weighted by Crippen LogP contribution is 2.26. The fourth-order valence-corrected chi connectivity index (χ4v) is 1.62. The predicted octanol–water partition coefficient (Wildman–Crippen LogP) is 3.10. The number of benzene rings is 1. The van der Waals surface area contributed by atoms with Crippen molar-refractivity contribution in [3.63, 3.8) is 0 Å². The molecule has 0 spiro atoms. The third kappa shape index (κ3) is 3.14. The highest BCUT2D eigenvalue weighted by atomic mass is 35.5.